The van der Waals surface area contributed by atoms with Crippen LogP contribution in [0.2, 0.25) is 0 Å². The van der Waals surface area contributed by atoms with E-state index < -0.39 is 20.5 Å². The Morgan fingerprint density at radius 1 is 1.00 bits per heavy atom. The minimum atomic E-state index is -4.79. The van der Waals surface area contributed by atoms with Gasteiger partial charge in [0.25, 0.3) is 0 Å². The Labute approximate surface area is 125 Å². The molecule has 9 nitrogen and oxygen atoms in total. The van der Waals surface area contributed by atoms with E-state index in [9.17, 15) is 28.7 Å². The van der Waals surface area contributed by atoms with Crippen LogP contribution in [0.15, 0.2) is 0 Å². The van der Waals surface area contributed by atoms with Gasteiger partial charge in [0.15, 0.2) is 0 Å². The van der Waals surface area contributed by atoms with E-state index in [1.807, 2.05) is 14.0 Å². The van der Waals surface area contributed by atoms with Gasteiger partial charge in [-0.05, 0) is 42.1 Å². The highest BCUT2D eigenvalue weighted by Crippen LogP contribution is 2.38. The van der Waals surface area contributed by atoms with E-state index >= 15 is 0 Å². The van der Waals surface area contributed by atoms with Crippen LogP contribution in [-0.2, 0) is 9.13 Å². The Bertz CT molecular complexity index is 374. The van der Waals surface area contributed by atoms with E-state index in [1.165, 1.54) is 4.90 Å². The molecule has 0 bridgehead atoms. The van der Waals surface area contributed by atoms with Crippen LogP contribution in [0.1, 0.15) is 20.8 Å². The van der Waals surface area contributed by atoms with E-state index in [1.54, 1.807) is 7.05 Å². The van der Waals surface area contributed by atoms with Crippen LogP contribution in [0, 0.1) is 0 Å². The third kappa shape index (κ3) is 14.9. The van der Waals surface area contributed by atoms with E-state index in [2.05, 4.69) is 4.90 Å². The van der Waals surface area contributed by atoms with Gasteiger partial charge in [-0.3, -0.25) is 0 Å². The molecule has 0 rings (SSSR count). The van der Waals surface area contributed by atoms with Gasteiger partial charge in [-0.15, -0.1) is 0 Å². The standard InChI is InChI=1S/C7H19N2O3P.C3H9O4P/c1-4-8(2)5-6-9(3)7-13(10,11)12;1-3(2,4)8(5,6)7/h4-7H2,1-3H3,(H2,10,11,12);4H,1-2H3,(H2,5,6,7)/p-4. The molecule has 0 saturated carbocycles. The average molecular weight is 346 g/mol. The lowest BCUT2D eigenvalue weighted by atomic mass is 10.5. The summed E-state index contributed by atoms with van der Waals surface area (Å²) in [4.78, 5) is 44.1. The van der Waals surface area contributed by atoms with Gasteiger partial charge >= 0.3 is 0 Å². The fourth-order valence-electron chi connectivity index (χ4n) is 0.866. The lowest BCUT2D eigenvalue weighted by Gasteiger charge is -2.40. The smallest absolute Gasteiger partial charge is 0.0856 e. The first-order chi connectivity index (χ1) is 9.10. The lowest BCUT2D eigenvalue weighted by Crippen LogP contribution is -2.34. The summed E-state index contributed by atoms with van der Waals surface area (Å²) in [5.74, 6) is 0. The Hall–Kier alpha value is 0.180. The summed E-state index contributed by atoms with van der Waals surface area (Å²) in [6.45, 7) is 6.18. The molecule has 21 heavy (non-hydrogen) atoms. The number of likely N-dealkylation sites (N-methyl/N-ethyl adjacent to an activating group) is 2. The molecule has 11 heteroatoms. The summed E-state index contributed by atoms with van der Waals surface area (Å²) in [5.41, 5.74) is 0. The van der Waals surface area contributed by atoms with E-state index in [4.69, 9.17) is 5.11 Å². The van der Waals surface area contributed by atoms with Crippen molar-refractivity contribution in [1.29, 1.82) is 0 Å². The summed E-state index contributed by atoms with van der Waals surface area (Å²) in [6.07, 6.45) is -0.384. The van der Waals surface area contributed by atoms with Crippen molar-refractivity contribution in [2.75, 3.05) is 40.0 Å². The van der Waals surface area contributed by atoms with Crippen molar-refractivity contribution in [3.05, 3.63) is 0 Å². The van der Waals surface area contributed by atoms with E-state index in [0.29, 0.717) is 6.54 Å². The summed E-state index contributed by atoms with van der Waals surface area (Å²) < 4.78 is 20.2. The quantitative estimate of drug-likeness (QED) is 0.488. The van der Waals surface area contributed by atoms with Gasteiger partial charge in [-0.25, -0.2) is 0 Å². The van der Waals surface area contributed by atoms with Gasteiger partial charge in [0.1, 0.15) is 0 Å². The maximum atomic E-state index is 10.4. The maximum Gasteiger partial charge on any atom is 0.0856 e. The number of rotatable bonds is 7. The van der Waals surface area contributed by atoms with Crippen molar-refractivity contribution < 1.29 is 33.8 Å². The van der Waals surface area contributed by atoms with Crippen molar-refractivity contribution in [2.24, 2.45) is 0 Å². The number of nitrogens with zero attached hydrogens (tertiary/aromatic N) is 2. The Balaban J connectivity index is 0. The van der Waals surface area contributed by atoms with Gasteiger partial charge in [-0.2, -0.15) is 0 Å². The summed E-state index contributed by atoms with van der Waals surface area (Å²) in [7, 11) is -5.60. The highest BCUT2D eigenvalue weighted by atomic mass is 31.2. The largest absolute Gasteiger partial charge is 0.810 e. The van der Waals surface area contributed by atoms with Crippen LogP contribution >= 0.6 is 15.2 Å². The van der Waals surface area contributed by atoms with Gasteiger partial charge in [0.05, 0.1) is 5.34 Å². The topological polar surface area (TPSA) is 153 Å². The van der Waals surface area contributed by atoms with Crippen molar-refractivity contribution in [3.8, 4) is 0 Å². The SMILES string of the molecule is CC(C)(O)P(=O)([O-])[O-].CCN(C)CCN(C)CP(=O)([O-])[O-]. The molecule has 0 aromatic rings. The van der Waals surface area contributed by atoms with Gasteiger partial charge in [0, 0.05) is 19.4 Å². The Kier molecular flexibility index (Phi) is 10.4. The van der Waals surface area contributed by atoms with Crippen LogP contribution in [0.3, 0.4) is 0 Å². The number of hydrogen-bond acceptors (Lipinski definition) is 9. The molecule has 0 fully saturated rings. The second-order valence-electron chi connectivity index (χ2n) is 5.22. The van der Waals surface area contributed by atoms with Gasteiger partial charge in [0.2, 0.25) is 0 Å². The zero-order valence-electron chi connectivity index (χ0n) is 13.0. The predicted octanol–water partition coefficient (Wildman–Crippen LogP) is -2.63. The molecule has 130 valence electrons. The summed E-state index contributed by atoms with van der Waals surface area (Å²) in [6, 6.07) is 0. The minimum Gasteiger partial charge on any atom is -0.810 e. The number of aliphatic hydroxyl groups is 1. The third-order valence-corrected chi connectivity index (χ3v) is 4.66. The molecular weight excluding hydrogens is 322 g/mol. The van der Waals surface area contributed by atoms with Gasteiger partial charge in [-0.1, -0.05) is 14.5 Å². The highest BCUT2D eigenvalue weighted by Gasteiger charge is 2.16. The Morgan fingerprint density at radius 3 is 1.57 bits per heavy atom. The van der Waals surface area contributed by atoms with Crippen LogP contribution in [0.5, 0.6) is 0 Å². The molecule has 0 heterocycles. The molecule has 0 aromatic heterocycles. The van der Waals surface area contributed by atoms with Crippen LogP contribution < -0.4 is 19.6 Å². The van der Waals surface area contributed by atoms with Gasteiger partial charge < -0.3 is 43.6 Å². The van der Waals surface area contributed by atoms with E-state index in [0.717, 1.165) is 26.9 Å². The molecule has 0 radical (unpaired) electrons. The average Bonchev–Trinajstić information content (AvgIpc) is 2.21. The molecule has 0 spiro atoms. The lowest BCUT2D eigenvalue weighted by molar-refractivity contribution is -0.328. The summed E-state index contributed by atoms with van der Waals surface area (Å²) >= 11 is 0. The molecular formula is C10H24N2O7P2-4. The van der Waals surface area contributed by atoms with Crippen LogP contribution in [0.25, 0.3) is 0 Å². The minimum absolute atomic E-state index is 0.384. The maximum absolute atomic E-state index is 10.4. The highest BCUT2D eigenvalue weighted by molar-refractivity contribution is 7.50. The molecule has 0 aliphatic carbocycles. The predicted molar refractivity (Wildman–Crippen MR) is 72.2 cm³/mol. The normalized spacial score (nSPS) is 13.3. The second kappa shape index (κ2) is 9.35. The molecule has 0 atom stereocenters. The number of hydrogen-bond donors (Lipinski definition) is 1. The fourth-order valence-corrected chi connectivity index (χ4v) is 1.60. The Morgan fingerprint density at radius 2 is 1.33 bits per heavy atom. The third-order valence-electron chi connectivity index (χ3n) is 2.49. The molecule has 0 aromatic carbocycles. The first-order valence-corrected chi connectivity index (χ1v) is 9.50. The monoisotopic (exact) mass is 346 g/mol. The van der Waals surface area contributed by atoms with Crippen LogP contribution in [-0.4, -0.2) is 60.3 Å². The van der Waals surface area contributed by atoms with Crippen LogP contribution in [0.4, 0.5) is 0 Å². The molecule has 0 aliphatic heterocycles. The fraction of sp³-hybridized carbons (Fsp3) is 1.00. The first kappa shape index (κ1) is 23.4. The first-order valence-electron chi connectivity index (χ1n) is 6.23. The second-order valence-corrected chi connectivity index (χ2v) is 8.81. The van der Waals surface area contributed by atoms with Crippen molar-refractivity contribution in [1.82, 2.24) is 9.80 Å². The summed E-state index contributed by atoms with van der Waals surface area (Å²) in [5, 5.41) is 6.35. The zero-order chi connectivity index (χ0) is 17.5. The van der Waals surface area contributed by atoms with Crippen molar-refractivity contribution in [3.63, 3.8) is 0 Å². The molecule has 0 saturated heterocycles. The molecule has 1 N–H and O–H groups in total. The molecule has 0 aliphatic rings. The van der Waals surface area contributed by atoms with Crippen molar-refractivity contribution in [2.45, 2.75) is 26.1 Å². The van der Waals surface area contributed by atoms with E-state index in [-0.39, 0.29) is 6.29 Å². The molecule has 0 amide bonds. The zero-order valence-corrected chi connectivity index (χ0v) is 14.8. The molecule has 0 unspecified atom stereocenters. The van der Waals surface area contributed by atoms with Crippen molar-refractivity contribution >= 4 is 15.2 Å².